The number of aromatic nitrogens is 2. The average molecular weight is 391 g/mol. The van der Waals surface area contributed by atoms with Gasteiger partial charge in [-0.15, -0.1) is 11.3 Å². The van der Waals surface area contributed by atoms with Gasteiger partial charge in [-0.05, 0) is 24.6 Å². The number of hydrogen-bond acceptors (Lipinski definition) is 6. The normalized spacial score (nSPS) is 10.8. The lowest BCUT2D eigenvalue weighted by atomic mass is 10.1. The Balaban J connectivity index is 1.90. The van der Waals surface area contributed by atoms with Gasteiger partial charge in [-0.25, -0.2) is 4.98 Å². The number of ether oxygens (including phenoxy) is 2. The molecule has 0 radical (unpaired) electrons. The summed E-state index contributed by atoms with van der Waals surface area (Å²) >= 11 is 1.52. The van der Waals surface area contributed by atoms with E-state index >= 15 is 0 Å². The van der Waals surface area contributed by atoms with Crippen LogP contribution in [-0.2, 0) is 0 Å². The Labute approximate surface area is 165 Å². The van der Waals surface area contributed by atoms with Crippen LogP contribution < -0.4 is 15.2 Å². The molecule has 2 aromatic heterocycles. The van der Waals surface area contributed by atoms with E-state index in [0.717, 1.165) is 21.3 Å². The van der Waals surface area contributed by atoms with E-state index in [2.05, 4.69) is 9.97 Å². The number of primary amides is 1. The molecule has 7 heteroatoms. The summed E-state index contributed by atoms with van der Waals surface area (Å²) in [6, 6.07) is 14.8. The Morgan fingerprint density at radius 3 is 2.61 bits per heavy atom. The molecule has 2 heterocycles. The number of carbonyl (C=O) groups is 1. The fraction of sp³-hybridized carbons (Fsp3) is 0.0952. The molecule has 0 aliphatic carbocycles. The van der Waals surface area contributed by atoms with Crippen LogP contribution in [0.15, 0.2) is 53.9 Å². The first-order valence-electron chi connectivity index (χ1n) is 8.54. The number of nitrogens with two attached hydrogens (primary N) is 1. The van der Waals surface area contributed by atoms with Gasteiger partial charge in [-0.3, -0.25) is 4.79 Å². The smallest absolute Gasteiger partial charge is 0.252 e. The molecule has 0 saturated heterocycles. The Hall–Kier alpha value is -3.45. The molecule has 0 saturated carbocycles. The molecule has 1 amide bonds. The maximum atomic E-state index is 11.9. The molecule has 0 spiro atoms. The van der Waals surface area contributed by atoms with Crippen molar-refractivity contribution in [1.29, 1.82) is 0 Å². The lowest BCUT2D eigenvalue weighted by Gasteiger charge is -2.12. The maximum absolute atomic E-state index is 11.9. The number of amides is 1. The zero-order valence-corrected chi connectivity index (χ0v) is 16.1. The highest BCUT2D eigenvalue weighted by atomic mass is 32.1. The molecule has 0 aliphatic rings. The molecule has 4 rings (SSSR count). The zero-order valence-electron chi connectivity index (χ0n) is 15.3. The van der Waals surface area contributed by atoms with Crippen LogP contribution in [0.5, 0.6) is 17.4 Å². The molecule has 6 nitrogen and oxygen atoms in total. The third-order valence-electron chi connectivity index (χ3n) is 4.26. The first kappa shape index (κ1) is 17.9. The first-order valence-corrected chi connectivity index (χ1v) is 9.41. The monoisotopic (exact) mass is 391 g/mol. The molecular weight excluding hydrogens is 374 g/mol. The molecule has 140 valence electrons. The van der Waals surface area contributed by atoms with E-state index in [-0.39, 0.29) is 11.3 Å². The number of rotatable bonds is 5. The van der Waals surface area contributed by atoms with Crippen molar-refractivity contribution in [2.45, 2.75) is 6.92 Å². The van der Waals surface area contributed by atoms with E-state index in [0.29, 0.717) is 17.5 Å². The highest BCUT2D eigenvalue weighted by Crippen LogP contribution is 2.40. The van der Waals surface area contributed by atoms with E-state index in [4.69, 9.17) is 15.2 Å². The van der Waals surface area contributed by atoms with Crippen molar-refractivity contribution in [1.82, 2.24) is 9.97 Å². The zero-order chi connectivity index (χ0) is 19.7. The Morgan fingerprint density at radius 1 is 1.11 bits per heavy atom. The largest absolute Gasteiger partial charge is 0.497 e. The van der Waals surface area contributed by atoms with Gasteiger partial charge in [0, 0.05) is 17.0 Å². The molecule has 2 N–H and O–H groups in total. The minimum atomic E-state index is -0.590. The van der Waals surface area contributed by atoms with Crippen LogP contribution in [0.3, 0.4) is 0 Å². The standard InChI is InChI=1S/C21H17N3O3S/c1-12-23-20(27-17-10-14(26-2)8-9-15(17)19(22)25)18-16(11-28-21(18)24-12)13-6-4-3-5-7-13/h3-11H,1-2H3,(H2,22,25). The van der Waals surface area contributed by atoms with Gasteiger partial charge in [-0.1, -0.05) is 30.3 Å². The van der Waals surface area contributed by atoms with E-state index in [9.17, 15) is 4.79 Å². The van der Waals surface area contributed by atoms with Crippen LogP contribution in [0, 0.1) is 6.92 Å². The van der Waals surface area contributed by atoms with Crippen molar-refractivity contribution < 1.29 is 14.3 Å². The van der Waals surface area contributed by atoms with Gasteiger partial charge in [-0.2, -0.15) is 4.98 Å². The maximum Gasteiger partial charge on any atom is 0.252 e. The quantitative estimate of drug-likeness (QED) is 0.539. The lowest BCUT2D eigenvalue weighted by Crippen LogP contribution is -2.12. The number of hydrogen-bond donors (Lipinski definition) is 1. The number of nitrogens with zero attached hydrogens (tertiary/aromatic N) is 2. The second-order valence-corrected chi connectivity index (χ2v) is 6.96. The first-order chi connectivity index (χ1) is 13.6. The predicted molar refractivity (Wildman–Crippen MR) is 109 cm³/mol. The van der Waals surface area contributed by atoms with Crippen LogP contribution in [-0.4, -0.2) is 23.0 Å². The highest BCUT2D eigenvalue weighted by molar-refractivity contribution is 7.17. The Bertz CT molecular complexity index is 1170. The number of benzene rings is 2. The average Bonchev–Trinajstić information content (AvgIpc) is 3.12. The summed E-state index contributed by atoms with van der Waals surface area (Å²) in [5.74, 6) is 1.20. The number of aryl methyl sites for hydroxylation is 1. The second kappa shape index (κ2) is 7.28. The van der Waals surface area contributed by atoms with E-state index in [1.807, 2.05) is 35.7 Å². The summed E-state index contributed by atoms with van der Waals surface area (Å²) in [5.41, 5.74) is 7.77. The van der Waals surface area contributed by atoms with Crippen molar-refractivity contribution >= 4 is 27.5 Å². The predicted octanol–water partition coefficient (Wildman–Crippen LogP) is 4.57. The van der Waals surface area contributed by atoms with E-state index in [1.54, 1.807) is 32.2 Å². The molecule has 0 atom stereocenters. The molecule has 0 bridgehead atoms. The third kappa shape index (κ3) is 3.27. The minimum Gasteiger partial charge on any atom is -0.497 e. The molecular formula is C21H17N3O3S. The fourth-order valence-corrected chi connectivity index (χ4v) is 3.92. The minimum absolute atomic E-state index is 0.252. The highest BCUT2D eigenvalue weighted by Gasteiger charge is 2.19. The van der Waals surface area contributed by atoms with Gasteiger partial charge in [0.15, 0.2) is 0 Å². The Kier molecular flexibility index (Phi) is 4.67. The molecule has 28 heavy (non-hydrogen) atoms. The molecule has 0 fully saturated rings. The Morgan fingerprint density at radius 2 is 1.89 bits per heavy atom. The fourth-order valence-electron chi connectivity index (χ4n) is 2.94. The SMILES string of the molecule is COc1ccc(C(N)=O)c(Oc2nc(C)nc3scc(-c4ccccc4)c23)c1. The number of methoxy groups -OCH3 is 1. The second-order valence-electron chi connectivity index (χ2n) is 6.10. The molecule has 2 aromatic carbocycles. The van der Waals surface area contributed by atoms with Gasteiger partial charge in [0.05, 0.1) is 18.1 Å². The molecule has 0 aliphatic heterocycles. The number of fused-ring (bicyclic) bond motifs is 1. The van der Waals surface area contributed by atoms with Gasteiger partial charge in [0.25, 0.3) is 5.91 Å². The van der Waals surface area contributed by atoms with Crippen LogP contribution in [0.4, 0.5) is 0 Å². The molecule has 0 unspecified atom stereocenters. The van der Waals surface area contributed by atoms with Crippen molar-refractivity contribution in [2.24, 2.45) is 5.73 Å². The van der Waals surface area contributed by atoms with Crippen LogP contribution in [0.2, 0.25) is 0 Å². The number of carbonyl (C=O) groups excluding carboxylic acids is 1. The lowest BCUT2D eigenvalue weighted by molar-refractivity contribution is 0.0998. The summed E-state index contributed by atoms with van der Waals surface area (Å²) in [6.45, 7) is 1.80. The van der Waals surface area contributed by atoms with Gasteiger partial charge in [0.1, 0.15) is 22.2 Å². The summed E-state index contributed by atoms with van der Waals surface area (Å²) in [5, 5.41) is 2.82. The van der Waals surface area contributed by atoms with Gasteiger partial charge < -0.3 is 15.2 Å². The summed E-state index contributed by atoms with van der Waals surface area (Å²) in [4.78, 5) is 21.7. The van der Waals surface area contributed by atoms with Crippen LogP contribution in [0.1, 0.15) is 16.2 Å². The van der Waals surface area contributed by atoms with Crippen molar-refractivity contribution in [3.05, 3.63) is 65.3 Å². The number of thiophene rings is 1. The van der Waals surface area contributed by atoms with Crippen molar-refractivity contribution in [3.63, 3.8) is 0 Å². The van der Waals surface area contributed by atoms with Crippen LogP contribution >= 0.6 is 11.3 Å². The van der Waals surface area contributed by atoms with Gasteiger partial charge >= 0.3 is 0 Å². The third-order valence-corrected chi connectivity index (χ3v) is 5.13. The van der Waals surface area contributed by atoms with E-state index in [1.165, 1.54) is 11.3 Å². The van der Waals surface area contributed by atoms with E-state index < -0.39 is 5.91 Å². The topological polar surface area (TPSA) is 87.3 Å². The van der Waals surface area contributed by atoms with Gasteiger partial charge in [0.2, 0.25) is 5.88 Å². The summed E-state index contributed by atoms with van der Waals surface area (Å²) in [7, 11) is 1.54. The van der Waals surface area contributed by atoms with Crippen molar-refractivity contribution in [2.75, 3.05) is 7.11 Å². The van der Waals surface area contributed by atoms with Crippen LogP contribution in [0.25, 0.3) is 21.3 Å². The molecule has 4 aromatic rings. The summed E-state index contributed by atoms with van der Waals surface area (Å²) in [6.07, 6.45) is 0. The van der Waals surface area contributed by atoms with Crippen molar-refractivity contribution in [3.8, 4) is 28.5 Å². The summed E-state index contributed by atoms with van der Waals surface area (Å²) < 4.78 is 11.4.